The van der Waals surface area contributed by atoms with Crippen molar-refractivity contribution in [2.24, 2.45) is 0 Å². The molecule has 0 atom stereocenters. The summed E-state index contributed by atoms with van der Waals surface area (Å²) in [6.07, 6.45) is 5.01. The lowest BCUT2D eigenvalue weighted by atomic mass is 10.3. The molecule has 2 aromatic heterocycles. The number of carbonyl (C=O) groups is 1. The van der Waals surface area contributed by atoms with E-state index in [1.54, 1.807) is 30.7 Å². The van der Waals surface area contributed by atoms with Gasteiger partial charge in [0.15, 0.2) is 5.82 Å². The lowest BCUT2D eigenvalue weighted by molar-refractivity contribution is -0.114. The minimum atomic E-state index is -0.106. The van der Waals surface area contributed by atoms with Crippen molar-refractivity contribution in [2.45, 2.75) is 13.5 Å². The predicted molar refractivity (Wildman–Crippen MR) is 95.4 cm³/mol. The van der Waals surface area contributed by atoms with Crippen LogP contribution in [0.5, 0.6) is 0 Å². The highest BCUT2D eigenvalue weighted by atomic mass is 16.1. The summed E-state index contributed by atoms with van der Waals surface area (Å²) in [6.45, 7) is 2.05. The quantitative estimate of drug-likeness (QED) is 0.636. The molecular weight excluding hydrogens is 318 g/mol. The van der Waals surface area contributed by atoms with Gasteiger partial charge in [0.05, 0.1) is 6.20 Å². The van der Waals surface area contributed by atoms with Crippen molar-refractivity contribution in [3.8, 4) is 0 Å². The van der Waals surface area contributed by atoms with Gasteiger partial charge in [0.2, 0.25) is 11.9 Å². The molecule has 0 aliphatic carbocycles. The third kappa shape index (κ3) is 4.96. The highest BCUT2D eigenvalue weighted by molar-refractivity contribution is 5.88. The Hall–Kier alpha value is -3.55. The molecule has 0 saturated carbocycles. The molecule has 25 heavy (non-hydrogen) atoms. The molecule has 0 unspecified atom stereocenters. The first kappa shape index (κ1) is 16.3. The van der Waals surface area contributed by atoms with E-state index in [0.29, 0.717) is 18.3 Å². The van der Waals surface area contributed by atoms with Crippen molar-refractivity contribution in [3.05, 3.63) is 60.6 Å². The monoisotopic (exact) mass is 335 g/mol. The highest BCUT2D eigenvalue weighted by Gasteiger charge is 2.02. The fraction of sp³-hybridized carbons (Fsp3) is 0.118. The van der Waals surface area contributed by atoms with E-state index in [1.165, 1.54) is 6.92 Å². The van der Waals surface area contributed by atoms with Gasteiger partial charge in [-0.3, -0.25) is 9.78 Å². The number of nitrogens with zero attached hydrogens (tertiary/aromatic N) is 4. The van der Waals surface area contributed by atoms with Crippen molar-refractivity contribution in [2.75, 3.05) is 16.0 Å². The largest absolute Gasteiger partial charge is 0.349 e. The van der Waals surface area contributed by atoms with Crippen LogP contribution in [0.2, 0.25) is 0 Å². The molecule has 0 spiro atoms. The molecule has 0 saturated heterocycles. The van der Waals surface area contributed by atoms with Gasteiger partial charge in [0.1, 0.15) is 0 Å². The predicted octanol–water partition coefficient (Wildman–Crippen LogP) is 2.58. The van der Waals surface area contributed by atoms with Crippen LogP contribution in [0.1, 0.15) is 12.5 Å². The lowest BCUT2D eigenvalue weighted by Crippen LogP contribution is -2.07. The number of hydrogen-bond donors (Lipinski definition) is 3. The van der Waals surface area contributed by atoms with E-state index in [1.807, 2.05) is 24.3 Å². The Bertz CT molecular complexity index is 837. The third-order valence-corrected chi connectivity index (χ3v) is 3.24. The van der Waals surface area contributed by atoms with E-state index in [2.05, 4.69) is 36.1 Å². The van der Waals surface area contributed by atoms with Gasteiger partial charge in [-0.15, -0.1) is 5.10 Å². The molecular formula is C17H17N7O. The van der Waals surface area contributed by atoms with Crippen molar-refractivity contribution in [1.82, 2.24) is 20.2 Å². The van der Waals surface area contributed by atoms with Gasteiger partial charge >= 0.3 is 0 Å². The number of anilines is 4. The number of rotatable bonds is 6. The molecule has 3 aromatic rings. The molecule has 8 nitrogen and oxygen atoms in total. The zero-order valence-electron chi connectivity index (χ0n) is 13.6. The Labute approximate surface area is 144 Å². The summed E-state index contributed by atoms with van der Waals surface area (Å²) in [5.74, 6) is 0.891. The molecule has 0 aliphatic rings. The number of aromatic nitrogens is 4. The molecule has 126 valence electrons. The summed E-state index contributed by atoms with van der Waals surface area (Å²) in [4.78, 5) is 19.4. The topological polar surface area (TPSA) is 105 Å². The fourth-order valence-electron chi connectivity index (χ4n) is 2.11. The molecule has 0 fully saturated rings. The Morgan fingerprint density at radius 2 is 1.76 bits per heavy atom. The standard InChI is InChI=1S/C17H17N7O/c1-12(25)21-14-2-4-15(5-3-14)22-16-11-20-24-17(23-16)19-10-13-6-8-18-9-7-13/h2-9,11H,10H2,1H3,(H,21,25)(H2,19,22,23,24). The molecule has 1 aromatic carbocycles. The maximum atomic E-state index is 11.0. The second-order valence-corrected chi connectivity index (χ2v) is 5.26. The van der Waals surface area contributed by atoms with E-state index >= 15 is 0 Å². The normalized spacial score (nSPS) is 10.1. The zero-order chi connectivity index (χ0) is 17.5. The van der Waals surface area contributed by atoms with Crippen LogP contribution >= 0.6 is 0 Å². The van der Waals surface area contributed by atoms with E-state index in [9.17, 15) is 4.79 Å². The number of carbonyl (C=O) groups excluding carboxylic acids is 1. The Morgan fingerprint density at radius 3 is 2.48 bits per heavy atom. The lowest BCUT2D eigenvalue weighted by Gasteiger charge is -2.08. The van der Waals surface area contributed by atoms with Crippen molar-refractivity contribution >= 4 is 29.0 Å². The van der Waals surface area contributed by atoms with Gasteiger partial charge in [-0.25, -0.2) is 0 Å². The minimum absolute atomic E-state index is 0.106. The summed E-state index contributed by atoms with van der Waals surface area (Å²) in [6, 6.07) is 11.1. The van der Waals surface area contributed by atoms with Crippen LogP contribution in [0.3, 0.4) is 0 Å². The van der Waals surface area contributed by atoms with Gasteiger partial charge in [-0.2, -0.15) is 10.1 Å². The highest BCUT2D eigenvalue weighted by Crippen LogP contribution is 2.17. The number of benzene rings is 1. The molecule has 0 radical (unpaired) electrons. The van der Waals surface area contributed by atoms with Crippen LogP contribution in [0.4, 0.5) is 23.1 Å². The molecule has 0 aliphatic heterocycles. The zero-order valence-corrected chi connectivity index (χ0v) is 13.6. The van der Waals surface area contributed by atoms with Crippen molar-refractivity contribution in [1.29, 1.82) is 0 Å². The van der Waals surface area contributed by atoms with E-state index in [-0.39, 0.29) is 5.91 Å². The first-order chi connectivity index (χ1) is 12.2. The van der Waals surface area contributed by atoms with Crippen molar-refractivity contribution in [3.63, 3.8) is 0 Å². The first-order valence-electron chi connectivity index (χ1n) is 7.66. The number of pyridine rings is 1. The van der Waals surface area contributed by atoms with Crippen LogP contribution in [0.15, 0.2) is 55.0 Å². The van der Waals surface area contributed by atoms with Crippen molar-refractivity contribution < 1.29 is 4.79 Å². The molecule has 3 rings (SSSR count). The van der Waals surface area contributed by atoms with Crippen LogP contribution < -0.4 is 16.0 Å². The van der Waals surface area contributed by atoms with Gasteiger partial charge in [0, 0.05) is 37.2 Å². The maximum absolute atomic E-state index is 11.0. The Morgan fingerprint density at radius 1 is 1.04 bits per heavy atom. The minimum Gasteiger partial charge on any atom is -0.349 e. The Kier molecular flexibility index (Phi) is 5.10. The molecule has 3 N–H and O–H groups in total. The van der Waals surface area contributed by atoms with Gasteiger partial charge < -0.3 is 16.0 Å². The van der Waals surface area contributed by atoms with Crippen LogP contribution in [-0.2, 0) is 11.3 Å². The van der Waals surface area contributed by atoms with E-state index in [0.717, 1.165) is 16.9 Å². The molecule has 2 heterocycles. The fourth-order valence-corrected chi connectivity index (χ4v) is 2.11. The van der Waals surface area contributed by atoms with E-state index < -0.39 is 0 Å². The smallest absolute Gasteiger partial charge is 0.244 e. The number of hydrogen-bond acceptors (Lipinski definition) is 7. The van der Waals surface area contributed by atoms with Gasteiger partial charge in [-0.05, 0) is 42.0 Å². The second-order valence-electron chi connectivity index (χ2n) is 5.26. The summed E-state index contributed by atoms with van der Waals surface area (Å²) >= 11 is 0. The van der Waals surface area contributed by atoms with Crippen LogP contribution in [-0.4, -0.2) is 26.1 Å². The SMILES string of the molecule is CC(=O)Nc1ccc(Nc2cnnc(NCc3ccncc3)n2)cc1. The average molecular weight is 335 g/mol. The summed E-state index contributed by atoms with van der Waals surface area (Å²) in [5, 5.41) is 16.9. The molecule has 1 amide bonds. The number of amides is 1. The maximum Gasteiger partial charge on any atom is 0.244 e. The second kappa shape index (κ2) is 7.82. The first-order valence-corrected chi connectivity index (χ1v) is 7.66. The summed E-state index contributed by atoms with van der Waals surface area (Å²) in [5.41, 5.74) is 2.64. The summed E-state index contributed by atoms with van der Waals surface area (Å²) < 4.78 is 0. The third-order valence-electron chi connectivity index (χ3n) is 3.24. The van der Waals surface area contributed by atoms with Crippen LogP contribution in [0, 0.1) is 0 Å². The molecule has 0 bridgehead atoms. The summed E-state index contributed by atoms with van der Waals surface area (Å²) in [7, 11) is 0. The number of nitrogens with one attached hydrogen (secondary N) is 3. The van der Waals surface area contributed by atoms with Crippen LogP contribution in [0.25, 0.3) is 0 Å². The van der Waals surface area contributed by atoms with Gasteiger partial charge in [0.25, 0.3) is 0 Å². The van der Waals surface area contributed by atoms with E-state index in [4.69, 9.17) is 0 Å². The molecule has 8 heteroatoms. The Balaban J connectivity index is 1.62. The average Bonchev–Trinajstić information content (AvgIpc) is 2.62. The van der Waals surface area contributed by atoms with Gasteiger partial charge in [-0.1, -0.05) is 0 Å².